The Kier molecular flexibility index (Phi) is 49.0. The van der Waals surface area contributed by atoms with Crippen LogP contribution in [0.1, 0.15) is 291 Å². The summed E-state index contributed by atoms with van der Waals surface area (Å²) in [4.78, 5) is 51.0. The summed E-state index contributed by atoms with van der Waals surface area (Å²) >= 11 is 0. The number of ether oxygens (including phenoxy) is 7. The second kappa shape index (κ2) is 53.5. The van der Waals surface area contributed by atoms with E-state index in [4.69, 9.17) is 42.2 Å². The van der Waals surface area contributed by atoms with Gasteiger partial charge in [-0.1, -0.05) is 239 Å². The Labute approximate surface area is 580 Å². The van der Waals surface area contributed by atoms with Gasteiger partial charge in [-0.2, -0.15) is 0 Å². The predicted molar refractivity (Wildman–Crippen MR) is 365 cm³/mol. The number of hydrogen-bond donors (Lipinski definition) is 11. The van der Waals surface area contributed by atoms with E-state index >= 15 is 0 Å². The summed E-state index contributed by atoms with van der Waals surface area (Å²) in [6, 6.07) is 0. The average molecular weight is 1410 g/mol. The third-order valence-electron chi connectivity index (χ3n) is 18.9. The van der Waals surface area contributed by atoms with Crippen molar-refractivity contribution in [2.45, 2.75) is 395 Å². The van der Waals surface area contributed by atoms with E-state index in [1.165, 1.54) is 128 Å². The van der Waals surface area contributed by atoms with Gasteiger partial charge in [-0.15, -0.1) is 0 Å². The monoisotopic (exact) mass is 1410 g/mol. The summed E-state index contributed by atoms with van der Waals surface area (Å²) in [5, 5.41) is 110. The van der Waals surface area contributed by atoms with E-state index in [2.05, 4.69) is 39.8 Å². The van der Waals surface area contributed by atoms with Gasteiger partial charge in [0, 0.05) is 19.3 Å². The topological polar surface area (TPSA) is 374 Å². The highest BCUT2D eigenvalue weighted by Gasteiger charge is 2.58. The van der Waals surface area contributed by atoms with E-state index in [1.807, 2.05) is 0 Å². The molecule has 24 nitrogen and oxygen atoms in total. The van der Waals surface area contributed by atoms with Gasteiger partial charge in [0.2, 0.25) is 0 Å². The van der Waals surface area contributed by atoms with Crippen LogP contribution in [0.5, 0.6) is 0 Å². The molecule has 1 saturated carbocycles. The standard InChI is InChI=1S/C72H133O24P/c1-5-8-11-14-17-19-21-23-24-26-28-30-37-42-47-58(76)91-53(49-88-56(74)45-40-35-29-27-25-22-20-18-15-12-9-6-2)50-90-97(86,87)96-70-68(94-71-66(84)61(79)59(77)54(48-73)92-71)64(82)63(81)65(83)69(70)95-72-67(85)62(80)60(78)55(93-72)51-89-57(75)46-41-36-32-31-34-39-44-52(4)43-38-33-16-13-10-7-3/h24,26,52-55,59-73,77-85H,5-23,25,27-51H2,1-4H3,(H,86,87)/b26-24-. The highest BCUT2D eigenvalue weighted by molar-refractivity contribution is 7.47. The molecule has 2 aliphatic heterocycles. The molecular formula is C72H133O24P. The molecule has 1 aliphatic carbocycles. The van der Waals surface area contributed by atoms with Gasteiger partial charge in [-0.3, -0.25) is 23.4 Å². The van der Waals surface area contributed by atoms with Crippen molar-refractivity contribution >= 4 is 25.7 Å². The maximum Gasteiger partial charge on any atom is 0.472 e. The second-order valence-electron chi connectivity index (χ2n) is 27.6. The highest BCUT2D eigenvalue weighted by Crippen LogP contribution is 2.49. The maximum atomic E-state index is 14.3. The highest BCUT2D eigenvalue weighted by atomic mass is 31.2. The van der Waals surface area contributed by atoms with Gasteiger partial charge in [0.1, 0.15) is 98.7 Å². The first kappa shape index (κ1) is 88.9. The molecule has 0 spiro atoms. The van der Waals surface area contributed by atoms with Crippen molar-refractivity contribution in [2.24, 2.45) is 5.92 Å². The molecule has 97 heavy (non-hydrogen) atoms. The van der Waals surface area contributed by atoms with Crippen molar-refractivity contribution in [3.63, 3.8) is 0 Å². The Balaban J connectivity index is 1.74. The molecule has 11 N–H and O–H groups in total. The van der Waals surface area contributed by atoms with E-state index in [1.54, 1.807) is 0 Å². The molecule has 19 unspecified atom stereocenters. The van der Waals surface area contributed by atoms with Gasteiger partial charge in [0.25, 0.3) is 0 Å². The van der Waals surface area contributed by atoms with Crippen LogP contribution in [-0.4, -0.2) is 204 Å². The summed E-state index contributed by atoms with van der Waals surface area (Å²) in [5.41, 5.74) is 0. The number of esters is 3. The van der Waals surface area contributed by atoms with Crippen LogP contribution in [0.25, 0.3) is 0 Å². The van der Waals surface area contributed by atoms with Crippen LogP contribution in [0.2, 0.25) is 0 Å². The number of unbranched alkanes of at least 4 members (excludes halogenated alkanes) is 31. The number of allylic oxidation sites excluding steroid dienone is 2. The van der Waals surface area contributed by atoms with Crippen LogP contribution < -0.4 is 0 Å². The van der Waals surface area contributed by atoms with Crippen molar-refractivity contribution < 1.29 is 117 Å². The quantitative estimate of drug-likeness (QED) is 0.00886. The molecule has 3 rings (SSSR count). The second-order valence-corrected chi connectivity index (χ2v) is 29.0. The number of carbonyl (C=O) groups excluding carboxylic acids is 3. The zero-order valence-electron chi connectivity index (χ0n) is 59.5. The number of phosphoric ester groups is 1. The molecule has 0 radical (unpaired) electrons. The third kappa shape index (κ3) is 37.1. The number of hydrogen-bond acceptors (Lipinski definition) is 23. The van der Waals surface area contributed by atoms with E-state index in [9.17, 15) is 74.9 Å². The molecule has 0 aromatic heterocycles. The number of carbonyl (C=O) groups is 3. The van der Waals surface area contributed by atoms with Crippen LogP contribution in [0.4, 0.5) is 0 Å². The number of aliphatic hydroxyl groups is 10. The minimum Gasteiger partial charge on any atom is -0.463 e. The summed E-state index contributed by atoms with van der Waals surface area (Å²) < 4.78 is 65.0. The Morgan fingerprint density at radius 3 is 1.23 bits per heavy atom. The molecule has 2 saturated heterocycles. The van der Waals surface area contributed by atoms with Crippen LogP contribution in [0.15, 0.2) is 12.2 Å². The summed E-state index contributed by atoms with van der Waals surface area (Å²) in [7, 11) is -5.70. The van der Waals surface area contributed by atoms with Gasteiger partial charge in [-0.05, 0) is 50.9 Å². The third-order valence-corrected chi connectivity index (χ3v) is 19.9. The summed E-state index contributed by atoms with van der Waals surface area (Å²) in [5.74, 6) is -1.31. The minimum atomic E-state index is -5.70. The van der Waals surface area contributed by atoms with Crippen LogP contribution >= 0.6 is 7.82 Å². The summed E-state index contributed by atoms with van der Waals surface area (Å²) in [6.45, 7) is 5.74. The smallest absolute Gasteiger partial charge is 0.463 e. The van der Waals surface area contributed by atoms with Gasteiger partial charge in [0.05, 0.1) is 13.2 Å². The number of phosphoric acid groups is 1. The Morgan fingerprint density at radius 2 is 0.784 bits per heavy atom. The molecule has 570 valence electrons. The molecular weight excluding hydrogens is 1280 g/mol. The van der Waals surface area contributed by atoms with E-state index < -0.39 is 156 Å². The number of rotatable bonds is 58. The minimum absolute atomic E-state index is 0.0291. The van der Waals surface area contributed by atoms with E-state index in [0.29, 0.717) is 31.6 Å². The maximum absolute atomic E-state index is 14.3. The fourth-order valence-corrected chi connectivity index (χ4v) is 13.6. The van der Waals surface area contributed by atoms with Gasteiger partial charge in [-0.25, -0.2) is 4.57 Å². The van der Waals surface area contributed by atoms with Crippen molar-refractivity contribution in [1.82, 2.24) is 0 Å². The fourth-order valence-electron chi connectivity index (χ4n) is 12.6. The molecule has 25 heteroatoms. The molecule has 19 atom stereocenters. The van der Waals surface area contributed by atoms with E-state index in [0.717, 1.165) is 89.9 Å². The van der Waals surface area contributed by atoms with Crippen LogP contribution in [0.3, 0.4) is 0 Å². The molecule has 0 aromatic rings. The lowest BCUT2D eigenvalue weighted by Crippen LogP contribution is -2.69. The van der Waals surface area contributed by atoms with Gasteiger partial charge >= 0.3 is 25.7 Å². The number of aliphatic hydroxyl groups excluding tert-OH is 10. The zero-order valence-corrected chi connectivity index (χ0v) is 60.4. The predicted octanol–water partition coefficient (Wildman–Crippen LogP) is 10.2. The Hall–Kier alpha value is -2.30. The molecule has 0 bridgehead atoms. The first-order chi connectivity index (χ1) is 46.7. The molecule has 3 aliphatic rings. The molecule has 0 aromatic carbocycles. The Bertz CT molecular complexity index is 2080. The Morgan fingerprint density at radius 1 is 0.423 bits per heavy atom. The van der Waals surface area contributed by atoms with Gasteiger partial charge in [0.15, 0.2) is 18.7 Å². The van der Waals surface area contributed by atoms with Crippen molar-refractivity contribution in [2.75, 3.05) is 26.4 Å². The largest absolute Gasteiger partial charge is 0.472 e. The van der Waals surface area contributed by atoms with Crippen molar-refractivity contribution in [1.29, 1.82) is 0 Å². The van der Waals surface area contributed by atoms with Crippen molar-refractivity contribution in [3.8, 4) is 0 Å². The molecule has 3 fully saturated rings. The molecule has 0 amide bonds. The molecule has 2 heterocycles. The fraction of sp³-hybridized carbons (Fsp3) is 0.931. The summed E-state index contributed by atoms with van der Waals surface area (Å²) in [6.07, 6.45) is 10.1. The van der Waals surface area contributed by atoms with Crippen LogP contribution in [-0.2, 0) is 61.2 Å². The average Bonchev–Trinajstić information content (AvgIpc) is 0.764. The SMILES string of the molecule is CCCCCCCCC/C=C\CCCCCC(=O)OC(COC(=O)CCCCCCCCCCCCCC)COP(=O)(O)OC1C(OC2OC(CO)C(O)C(O)C2O)C(O)C(O)C(O)C1OC1OC(COC(=O)CCCCCCCCC(C)CCCCCCCC)C(O)C(O)C1O. The lowest BCUT2D eigenvalue weighted by molar-refractivity contribution is -0.360. The van der Waals surface area contributed by atoms with Crippen molar-refractivity contribution in [3.05, 3.63) is 12.2 Å². The van der Waals surface area contributed by atoms with Crippen LogP contribution in [0, 0.1) is 5.92 Å². The van der Waals surface area contributed by atoms with E-state index in [-0.39, 0.29) is 19.3 Å². The van der Waals surface area contributed by atoms with Gasteiger partial charge < -0.3 is 89.1 Å². The normalized spacial score (nSPS) is 28.2. The lowest BCUT2D eigenvalue weighted by Gasteiger charge is -2.49. The first-order valence-corrected chi connectivity index (χ1v) is 39.4. The zero-order chi connectivity index (χ0) is 71.2. The lowest BCUT2D eigenvalue weighted by atomic mass is 9.84. The first-order valence-electron chi connectivity index (χ1n) is 37.9.